The quantitative estimate of drug-likeness (QED) is 0.351. The van der Waals surface area contributed by atoms with Crippen molar-refractivity contribution in [1.29, 1.82) is 0 Å². The van der Waals surface area contributed by atoms with Crippen LogP contribution in [0.4, 0.5) is 5.82 Å². The van der Waals surface area contributed by atoms with Crippen LogP contribution in [0.15, 0.2) is 17.4 Å². The van der Waals surface area contributed by atoms with E-state index in [4.69, 9.17) is 15.7 Å². The first-order valence-electron chi connectivity index (χ1n) is 6.25. The molecule has 0 aliphatic rings. The minimum Gasteiger partial charge on any atom is -0.409 e. The summed E-state index contributed by atoms with van der Waals surface area (Å²) < 4.78 is 5.18. The Morgan fingerprint density at radius 3 is 2.84 bits per heavy atom. The fourth-order valence-corrected chi connectivity index (χ4v) is 2.13. The lowest BCUT2D eigenvalue weighted by atomic mass is 10.1. The van der Waals surface area contributed by atoms with Crippen LogP contribution in [0, 0.1) is 6.92 Å². The maximum Gasteiger partial charge on any atom is 0.174 e. The number of aryl methyl sites for hydroxylation is 1. The van der Waals surface area contributed by atoms with Gasteiger partial charge in [-0.25, -0.2) is 4.98 Å². The van der Waals surface area contributed by atoms with Gasteiger partial charge in [-0.15, -0.1) is 0 Å². The Labute approximate surface area is 113 Å². The van der Waals surface area contributed by atoms with E-state index >= 15 is 0 Å². The third kappa shape index (κ3) is 3.35. The predicted molar refractivity (Wildman–Crippen MR) is 75.8 cm³/mol. The first-order chi connectivity index (χ1) is 9.06. The van der Waals surface area contributed by atoms with Crippen molar-refractivity contribution >= 4 is 11.7 Å². The zero-order chi connectivity index (χ0) is 14.4. The fraction of sp³-hybridized carbons (Fsp3) is 0.538. The van der Waals surface area contributed by atoms with Gasteiger partial charge in [0, 0.05) is 19.9 Å². The van der Waals surface area contributed by atoms with Crippen molar-refractivity contribution in [2.24, 2.45) is 10.9 Å². The Bertz CT molecular complexity index is 448. The van der Waals surface area contributed by atoms with Crippen LogP contribution in [0.3, 0.4) is 0 Å². The van der Waals surface area contributed by atoms with Gasteiger partial charge in [0.1, 0.15) is 5.82 Å². The van der Waals surface area contributed by atoms with Gasteiger partial charge < -0.3 is 20.6 Å². The van der Waals surface area contributed by atoms with Crippen LogP contribution < -0.4 is 10.6 Å². The number of amidine groups is 1. The number of nitrogens with zero attached hydrogens (tertiary/aromatic N) is 3. The van der Waals surface area contributed by atoms with Gasteiger partial charge in [0.05, 0.1) is 18.2 Å². The van der Waals surface area contributed by atoms with E-state index in [0.717, 1.165) is 12.1 Å². The van der Waals surface area contributed by atoms with Gasteiger partial charge in [0.2, 0.25) is 0 Å². The fourth-order valence-electron chi connectivity index (χ4n) is 2.13. The number of hydrogen-bond acceptors (Lipinski definition) is 5. The Morgan fingerprint density at radius 2 is 2.32 bits per heavy atom. The van der Waals surface area contributed by atoms with Crippen molar-refractivity contribution in [3.63, 3.8) is 0 Å². The molecule has 0 saturated carbocycles. The molecule has 0 amide bonds. The second-order valence-corrected chi connectivity index (χ2v) is 4.40. The lowest BCUT2D eigenvalue weighted by molar-refractivity contribution is 0.181. The van der Waals surface area contributed by atoms with Gasteiger partial charge >= 0.3 is 0 Å². The maximum absolute atomic E-state index is 8.93. The number of rotatable bonds is 6. The largest absolute Gasteiger partial charge is 0.409 e. The molecule has 0 spiro atoms. The van der Waals surface area contributed by atoms with E-state index in [9.17, 15) is 0 Å². The van der Waals surface area contributed by atoms with E-state index in [1.165, 1.54) is 0 Å². The van der Waals surface area contributed by atoms with Gasteiger partial charge in [-0.1, -0.05) is 5.16 Å². The molecule has 0 aliphatic carbocycles. The molecule has 1 atom stereocenters. The van der Waals surface area contributed by atoms with Crippen LogP contribution in [0.25, 0.3) is 0 Å². The van der Waals surface area contributed by atoms with Gasteiger partial charge in [0.25, 0.3) is 0 Å². The van der Waals surface area contributed by atoms with Crippen LogP contribution in [0.2, 0.25) is 0 Å². The smallest absolute Gasteiger partial charge is 0.174 e. The topological polar surface area (TPSA) is 84.0 Å². The number of anilines is 1. The van der Waals surface area contributed by atoms with Crippen molar-refractivity contribution in [3.8, 4) is 0 Å². The molecule has 1 rings (SSSR count). The van der Waals surface area contributed by atoms with Gasteiger partial charge in [-0.05, 0) is 32.4 Å². The first kappa shape index (κ1) is 15.2. The second kappa shape index (κ2) is 6.94. The van der Waals surface area contributed by atoms with Crippen molar-refractivity contribution in [3.05, 3.63) is 23.4 Å². The molecule has 0 aliphatic heterocycles. The molecule has 0 radical (unpaired) electrons. The standard InChI is InChI=1S/C13H22N4O2/c1-5-17(10(3)8-19-4)13-11(12(14)16-18)9(2)6-7-15-13/h6-7,10,18H,5,8H2,1-4H3,(H2,14,16). The predicted octanol–water partition coefficient (Wildman–Crippen LogP) is 1.35. The summed E-state index contributed by atoms with van der Waals surface area (Å²) in [6, 6.07) is 1.99. The Kier molecular flexibility index (Phi) is 5.57. The summed E-state index contributed by atoms with van der Waals surface area (Å²) in [7, 11) is 1.67. The number of oxime groups is 1. The molecule has 1 aromatic rings. The van der Waals surface area contributed by atoms with Crippen LogP contribution in [0.1, 0.15) is 25.0 Å². The van der Waals surface area contributed by atoms with Crippen molar-refractivity contribution in [1.82, 2.24) is 4.98 Å². The summed E-state index contributed by atoms with van der Waals surface area (Å²) in [5, 5.41) is 12.0. The monoisotopic (exact) mass is 266 g/mol. The summed E-state index contributed by atoms with van der Waals surface area (Å²) in [5.74, 6) is 0.783. The van der Waals surface area contributed by atoms with Crippen LogP contribution in [-0.2, 0) is 4.74 Å². The lowest BCUT2D eigenvalue weighted by Crippen LogP contribution is -2.38. The van der Waals surface area contributed by atoms with Crippen LogP contribution in [-0.4, -0.2) is 42.3 Å². The summed E-state index contributed by atoms with van der Waals surface area (Å²) in [5.41, 5.74) is 7.35. The molecule has 0 saturated heterocycles. The van der Waals surface area contributed by atoms with E-state index in [0.29, 0.717) is 18.0 Å². The summed E-state index contributed by atoms with van der Waals surface area (Å²) in [6.45, 7) is 7.33. The molecule has 6 nitrogen and oxygen atoms in total. The first-order valence-corrected chi connectivity index (χ1v) is 6.25. The SMILES string of the molecule is CCN(c1nccc(C)c1/C(N)=N/O)C(C)COC. The molecule has 1 unspecified atom stereocenters. The number of aromatic nitrogens is 1. The van der Waals surface area contributed by atoms with Crippen LogP contribution >= 0.6 is 0 Å². The highest BCUT2D eigenvalue weighted by Crippen LogP contribution is 2.22. The second-order valence-electron chi connectivity index (χ2n) is 4.40. The van der Waals surface area contributed by atoms with Crippen molar-refractivity contribution in [2.75, 3.05) is 25.2 Å². The van der Waals surface area contributed by atoms with Crippen LogP contribution in [0.5, 0.6) is 0 Å². The normalized spacial score (nSPS) is 13.4. The molecule has 19 heavy (non-hydrogen) atoms. The molecule has 3 N–H and O–H groups in total. The Balaban J connectivity index is 3.27. The molecule has 1 heterocycles. The Morgan fingerprint density at radius 1 is 1.63 bits per heavy atom. The van der Waals surface area contributed by atoms with E-state index in [2.05, 4.69) is 15.0 Å². The van der Waals surface area contributed by atoms with E-state index < -0.39 is 0 Å². The molecular formula is C13H22N4O2. The highest BCUT2D eigenvalue weighted by Gasteiger charge is 2.20. The maximum atomic E-state index is 8.93. The minimum absolute atomic E-state index is 0.0728. The number of nitrogens with two attached hydrogens (primary N) is 1. The number of ether oxygens (including phenoxy) is 1. The van der Waals surface area contributed by atoms with E-state index in [1.807, 2.05) is 26.8 Å². The number of pyridine rings is 1. The number of hydrogen-bond donors (Lipinski definition) is 2. The van der Waals surface area contributed by atoms with E-state index in [-0.39, 0.29) is 11.9 Å². The van der Waals surface area contributed by atoms with Gasteiger partial charge in [-0.2, -0.15) is 0 Å². The minimum atomic E-state index is 0.0728. The highest BCUT2D eigenvalue weighted by atomic mass is 16.5. The third-order valence-corrected chi connectivity index (χ3v) is 3.06. The molecular weight excluding hydrogens is 244 g/mol. The molecule has 1 aromatic heterocycles. The van der Waals surface area contributed by atoms with Crippen molar-refractivity contribution in [2.45, 2.75) is 26.8 Å². The summed E-state index contributed by atoms with van der Waals surface area (Å²) >= 11 is 0. The molecule has 0 aromatic carbocycles. The Hall–Kier alpha value is -1.82. The number of methoxy groups -OCH3 is 1. The zero-order valence-corrected chi connectivity index (χ0v) is 11.9. The zero-order valence-electron chi connectivity index (χ0n) is 11.9. The lowest BCUT2D eigenvalue weighted by Gasteiger charge is -2.30. The molecule has 6 heteroatoms. The third-order valence-electron chi connectivity index (χ3n) is 3.06. The van der Waals surface area contributed by atoms with E-state index in [1.54, 1.807) is 13.3 Å². The van der Waals surface area contributed by atoms with Crippen molar-refractivity contribution < 1.29 is 9.94 Å². The molecule has 0 bridgehead atoms. The average molecular weight is 266 g/mol. The summed E-state index contributed by atoms with van der Waals surface area (Å²) in [4.78, 5) is 6.45. The van der Waals surface area contributed by atoms with Gasteiger partial charge in [0.15, 0.2) is 5.84 Å². The average Bonchev–Trinajstić information content (AvgIpc) is 2.39. The highest BCUT2D eigenvalue weighted by molar-refractivity contribution is 6.02. The molecule has 0 fully saturated rings. The van der Waals surface area contributed by atoms with Gasteiger partial charge in [-0.3, -0.25) is 0 Å². The number of likely N-dealkylation sites (N-methyl/N-ethyl adjacent to an activating group) is 1. The molecule has 106 valence electrons. The summed E-state index contributed by atoms with van der Waals surface area (Å²) in [6.07, 6.45) is 1.72.